The van der Waals surface area contributed by atoms with E-state index in [1.165, 1.54) is 29.2 Å². The molecule has 43 heavy (non-hydrogen) atoms. The van der Waals surface area contributed by atoms with Crippen LogP contribution in [0.3, 0.4) is 0 Å². The van der Waals surface area contributed by atoms with Crippen LogP contribution in [-0.4, -0.2) is 66.8 Å². The van der Waals surface area contributed by atoms with Gasteiger partial charge in [-0.1, -0.05) is 42.5 Å². The summed E-state index contributed by atoms with van der Waals surface area (Å²) in [6.45, 7) is 1.79. The van der Waals surface area contributed by atoms with Crippen molar-refractivity contribution in [1.82, 2.24) is 19.1 Å². The number of carbonyl (C=O) groups excluding carboxylic acids is 2. The number of fused-ring (bicyclic) bond motifs is 4. The van der Waals surface area contributed by atoms with Crippen molar-refractivity contribution in [2.24, 2.45) is 5.92 Å². The van der Waals surface area contributed by atoms with Crippen LogP contribution in [0.4, 0.5) is 8.78 Å². The molecule has 3 aromatic rings. The van der Waals surface area contributed by atoms with Gasteiger partial charge in [0.2, 0.25) is 21.8 Å². The molecular weight excluding hydrogens is 578 g/mol. The summed E-state index contributed by atoms with van der Waals surface area (Å²) in [6, 6.07) is 16.0. The van der Waals surface area contributed by atoms with Crippen LogP contribution in [0.25, 0.3) is 11.1 Å². The lowest BCUT2D eigenvalue weighted by atomic mass is 9.83. The van der Waals surface area contributed by atoms with Gasteiger partial charge in [0.15, 0.2) is 0 Å². The van der Waals surface area contributed by atoms with E-state index < -0.39 is 28.4 Å². The number of likely N-dealkylation sites (tertiary alicyclic amines) is 2. The monoisotopic (exact) mass is 610 g/mol. The molecule has 3 atom stereocenters. The predicted molar refractivity (Wildman–Crippen MR) is 155 cm³/mol. The lowest BCUT2D eigenvalue weighted by Gasteiger charge is -2.43. The number of halogens is 2. The van der Waals surface area contributed by atoms with Gasteiger partial charge in [-0.3, -0.25) is 14.4 Å². The fourth-order valence-corrected chi connectivity index (χ4v) is 7.70. The van der Waals surface area contributed by atoms with E-state index in [0.29, 0.717) is 50.1 Å². The van der Waals surface area contributed by atoms with Crippen LogP contribution in [0.2, 0.25) is 0 Å². The zero-order chi connectivity index (χ0) is 30.3. The maximum atomic E-state index is 13.3. The number of hydrogen-bond donors (Lipinski definition) is 1. The molecule has 3 aliphatic rings. The second-order valence-electron chi connectivity index (χ2n) is 11.5. The van der Waals surface area contributed by atoms with Gasteiger partial charge in [0.25, 0.3) is 12.0 Å². The zero-order valence-corrected chi connectivity index (χ0v) is 24.2. The first kappa shape index (κ1) is 29.2. The Labute approximate surface area is 248 Å². The summed E-state index contributed by atoms with van der Waals surface area (Å²) in [5.41, 5.74) is 2.14. The van der Waals surface area contributed by atoms with E-state index in [0.717, 1.165) is 12.1 Å². The van der Waals surface area contributed by atoms with Gasteiger partial charge < -0.3 is 14.4 Å². The third kappa shape index (κ3) is 5.98. The van der Waals surface area contributed by atoms with Crippen molar-refractivity contribution in [1.29, 1.82) is 0 Å². The van der Waals surface area contributed by atoms with E-state index in [-0.39, 0.29) is 40.3 Å². The van der Waals surface area contributed by atoms with E-state index in [1.807, 2.05) is 6.07 Å². The highest BCUT2D eigenvalue weighted by Crippen LogP contribution is 2.35. The minimum Gasteiger partial charge on any atom is -0.340 e. The molecule has 0 saturated carbocycles. The average molecular weight is 611 g/mol. The number of nitrogens with one attached hydrogen (secondary N) is 1. The van der Waals surface area contributed by atoms with Crippen LogP contribution in [-0.2, 0) is 26.2 Å². The van der Waals surface area contributed by atoms with Gasteiger partial charge >= 0.3 is 0 Å². The fraction of sp³-hybridized carbons (Fsp3) is 0.387. The quantitative estimate of drug-likeness (QED) is 0.442. The number of rotatable bonds is 7. The largest absolute Gasteiger partial charge is 0.340 e. The molecule has 2 saturated heterocycles. The Morgan fingerprint density at radius 3 is 2.33 bits per heavy atom. The van der Waals surface area contributed by atoms with Crippen molar-refractivity contribution in [3.8, 4) is 11.1 Å². The number of amides is 2. The van der Waals surface area contributed by atoms with Gasteiger partial charge in [0.1, 0.15) is 6.04 Å². The first-order valence-electron chi connectivity index (χ1n) is 14.4. The Balaban J connectivity index is 1.08. The van der Waals surface area contributed by atoms with E-state index in [9.17, 15) is 31.6 Å². The Morgan fingerprint density at radius 2 is 1.63 bits per heavy atom. The van der Waals surface area contributed by atoms with Gasteiger partial charge in [0, 0.05) is 49.4 Å². The molecule has 0 spiro atoms. The average Bonchev–Trinajstić information content (AvgIpc) is 2.99. The summed E-state index contributed by atoms with van der Waals surface area (Å²) in [6.07, 6.45) is -0.802. The molecule has 4 heterocycles. The number of sulfonamides is 1. The highest BCUT2D eigenvalue weighted by Gasteiger charge is 2.38. The van der Waals surface area contributed by atoms with Crippen molar-refractivity contribution in [3.63, 3.8) is 0 Å². The van der Waals surface area contributed by atoms with E-state index >= 15 is 0 Å². The molecule has 2 bridgehead atoms. The van der Waals surface area contributed by atoms with Crippen molar-refractivity contribution < 1.29 is 26.8 Å². The molecule has 12 heteroatoms. The number of benzene rings is 2. The zero-order valence-electron chi connectivity index (χ0n) is 23.4. The SMILES string of the molecule is O=C(CN1CCC[C@H](NS(=O)(=O)c2ccc(-c3ccc(C(F)F)cc3)cc2)C1=O)N1CC2C[C@@H](C1)Cn1c2cccc1=O. The van der Waals surface area contributed by atoms with Crippen LogP contribution in [0, 0.1) is 5.92 Å². The summed E-state index contributed by atoms with van der Waals surface area (Å²) < 4.78 is 56.3. The number of piperidine rings is 2. The van der Waals surface area contributed by atoms with Crippen molar-refractivity contribution in [2.45, 2.75) is 49.1 Å². The second-order valence-corrected chi connectivity index (χ2v) is 13.2. The van der Waals surface area contributed by atoms with Crippen LogP contribution in [0.5, 0.6) is 0 Å². The Hall–Kier alpha value is -3.90. The molecule has 2 aromatic carbocycles. The Bertz CT molecular complexity index is 1690. The summed E-state index contributed by atoms with van der Waals surface area (Å²) in [4.78, 5) is 42.1. The van der Waals surface area contributed by atoms with Gasteiger partial charge in [0.05, 0.1) is 11.4 Å². The molecule has 9 nitrogen and oxygen atoms in total. The summed E-state index contributed by atoms with van der Waals surface area (Å²) in [5.74, 6) is -0.399. The van der Waals surface area contributed by atoms with Crippen molar-refractivity contribution in [2.75, 3.05) is 26.2 Å². The van der Waals surface area contributed by atoms with E-state index in [4.69, 9.17) is 0 Å². The summed E-state index contributed by atoms with van der Waals surface area (Å²) in [5, 5.41) is 0. The lowest BCUT2D eigenvalue weighted by Crippen LogP contribution is -2.56. The molecule has 6 rings (SSSR count). The Kier molecular flexibility index (Phi) is 7.91. The highest BCUT2D eigenvalue weighted by atomic mass is 32.2. The van der Waals surface area contributed by atoms with Crippen molar-refractivity contribution >= 4 is 21.8 Å². The molecular formula is C31H32F2N4O5S. The summed E-state index contributed by atoms with van der Waals surface area (Å²) >= 11 is 0. The molecule has 0 aliphatic carbocycles. The second kappa shape index (κ2) is 11.6. The van der Waals surface area contributed by atoms with Gasteiger partial charge in [-0.2, -0.15) is 4.72 Å². The van der Waals surface area contributed by atoms with E-state index in [1.54, 1.807) is 45.9 Å². The van der Waals surface area contributed by atoms with Gasteiger partial charge in [-0.25, -0.2) is 17.2 Å². The standard InChI is InChI=1S/C31H32F2N4O5S/c32-30(33)23-8-6-21(7-9-23)22-10-12-25(13-11-22)43(41,42)34-26-3-2-14-35(31(26)40)19-29(39)36-16-20-15-24(18-36)27-4-1-5-28(38)37(27)17-20/h1,4-13,20,24,26,30,34H,2-3,14-19H2/t20-,24?,26-/m0/s1. The Morgan fingerprint density at radius 1 is 0.930 bits per heavy atom. The van der Waals surface area contributed by atoms with Crippen LogP contribution in [0.1, 0.15) is 42.9 Å². The number of nitrogens with zero attached hydrogens (tertiary/aromatic N) is 3. The molecule has 1 unspecified atom stereocenters. The van der Waals surface area contributed by atoms with E-state index in [2.05, 4.69) is 4.72 Å². The maximum Gasteiger partial charge on any atom is 0.263 e. The minimum atomic E-state index is -4.04. The first-order valence-corrected chi connectivity index (χ1v) is 15.8. The van der Waals surface area contributed by atoms with Crippen molar-refractivity contribution in [3.05, 3.63) is 88.3 Å². The molecule has 1 aromatic heterocycles. The highest BCUT2D eigenvalue weighted by molar-refractivity contribution is 7.89. The van der Waals surface area contributed by atoms with Gasteiger partial charge in [-0.05, 0) is 54.5 Å². The molecule has 0 radical (unpaired) electrons. The normalized spacial score (nSPS) is 22.0. The first-order chi connectivity index (χ1) is 20.6. The molecule has 2 amide bonds. The molecule has 1 N–H and O–H groups in total. The smallest absolute Gasteiger partial charge is 0.263 e. The number of alkyl halides is 2. The maximum absolute atomic E-state index is 13.3. The number of hydrogen-bond acceptors (Lipinski definition) is 5. The van der Waals surface area contributed by atoms with Crippen LogP contribution < -0.4 is 10.3 Å². The number of pyridine rings is 1. The number of carbonyl (C=O) groups is 2. The fourth-order valence-electron chi connectivity index (χ4n) is 6.47. The molecule has 226 valence electrons. The predicted octanol–water partition coefficient (Wildman–Crippen LogP) is 3.37. The third-order valence-electron chi connectivity index (χ3n) is 8.65. The van der Waals surface area contributed by atoms with Gasteiger partial charge in [-0.15, -0.1) is 0 Å². The van der Waals surface area contributed by atoms with Crippen LogP contribution >= 0.6 is 0 Å². The molecule has 2 fully saturated rings. The molecule has 3 aliphatic heterocycles. The number of aromatic nitrogens is 1. The lowest BCUT2D eigenvalue weighted by molar-refractivity contribution is -0.144. The third-order valence-corrected chi connectivity index (χ3v) is 10.1. The van der Waals surface area contributed by atoms with Crippen LogP contribution in [0.15, 0.2) is 76.4 Å². The minimum absolute atomic E-state index is 0.0271. The topological polar surface area (TPSA) is 109 Å². The summed E-state index contributed by atoms with van der Waals surface area (Å²) in [7, 11) is -4.04.